The molecule has 8 nitrogen and oxygen atoms in total. The predicted molar refractivity (Wildman–Crippen MR) is 231 cm³/mol. The standard InChI is InChI=1S/C48H85NO7/c1-6-8-10-12-14-16-18-20-22-23-25-27-29-31-33-35-37-39-47(51)56-44(42-54-41-40-45(48(52)53)49(3,4)5)43-55-46(50)38-36-34-32-30-28-26-24-21-19-17-15-13-11-9-7-2/h9,11,13,15,17,19-20,22,44-45H,6-8,10,12,14,16,18,21,23-43H2,1-5H3/b11-9+,15-13+,19-17+,22-20+. The van der Waals surface area contributed by atoms with Gasteiger partial charge in [-0.2, -0.15) is 0 Å². The van der Waals surface area contributed by atoms with E-state index in [4.69, 9.17) is 14.2 Å². The van der Waals surface area contributed by atoms with Crippen molar-refractivity contribution < 1.29 is 38.2 Å². The molecular formula is C48H85NO7. The number of hydrogen-bond donors (Lipinski definition) is 0. The quantitative estimate of drug-likeness (QED) is 0.0200. The Morgan fingerprint density at radius 2 is 1.02 bits per heavy atom. The number of carbonyl (C=O) groups excluding carboxylic acids is 3. The maximum atomic E-state index is 12.7. The number of ether oxygens (including phenoxy) is 3. The van der Waals surface area contributed by atoms with Gasteiger partial charge < -0.3 is 28.6 Å². The number of carboxylic acids is 1. The summed E-state index contributed by atoms with van der Waals surface area (Å²) < 4.78 is 17.2. The molecule has 0 aromatic heterocycles. The largest absolute Gasteiger partial charge is 0.544 e. The Kier molecular flexibility index (Phi) is 37.2. The Labute approximate surface area is 344 Å². The van der Waals surface area contributed by atoms with Crippen LogP contribution in [0.4, 0.5) is 0 Å². The Balaban J connectivity index is 4.34. The molecule has 0 aliphatic carbocycles. The van der Waals surface area contributed by atoms with E-state index in [0.717, 1.165) is 51.4 Å². The molecule has 0 radical (unpaired) electrons. The Morgan fingerprint density at radius 1 is 0.554 bits per heavy atom. The third-order valence-electron chi connectivity index (χ3n) is 10.0. The van der Waals surface area contributed by atoms with E-state index >= 15 is 0 Å². The van der Waals surface area contributed by atoms with Crippen LogP contribution in [0.5, 0.6) is 0 Å². The molecule has 0 amide bonds. The van der Waals surface area contributed by atoms with Gasteiger partial charge in [0.1, 0.15) is 12.6 Å². The van der Waals surface area contributed by atoms with Crippen molar-refractivity contribution in [2.24, 2.45) is 0 Å². The number of likely N-dealkylation sites (N-methyl/N-ethyl adjacent to an activating group) is 1. The summed E-state index contributed by atoms with van der Waals surface area (Å²) in [5.74, 6) is -1.76. The number of carboxylic acid groups (broad SMARTS) is 1. The van der Waals surface area contributed by atoms with Crippen LogP contribution < -0.4 is 5.11 Å². The first kappa shape index (κ1) is 53.3. The van der Waals surface area contributed by atoms with Crippen LogP contribution in [-0.4, -0.2) is 75.5 Å². The van der Waals surface area contributed by atoms with Gasteiger partial charge >= 0.3 is 11.9 Å². The van der Waals surface area contributed by atoms with Crippen LogP contribution in [0.2, 0.25) is 0 Å². The van der Waals surface area contributed by atoms with Crippen molar-refractivity contribution in [3.63, 3.8) is 0 Å². The maximum absolute atomic E-state index is 12.7. The van der Waals surface area contributed by atoms with Crippen LogP contribution in [0.1, 0.15) is 187 Å². The zero-order chi connectivity index (χ0) is 41.4. The van der Waals surface area contributed by atoms with Crippen molar-refractivity contribution in [3.05, 3.63) is 48.6 Å². The van der Waals surface area contributed by atoms with Crippen LogP contribution >= 0.6 is 0 Å². The van der Waals surface area contributed by atoms with Gasteiger partial charge in [-0.1, -0.05) is 159 Å². The third kappa shape index (κ3) is 36.9. The zero-order valence-electron chi connectivity index (χ0n) is 36.8. The fourth-order valence-electron chi connectivity index (χ4n) is 6.48. The number of esters is 2. The average Bonchev–Trinajstić information content (AvgIpc) is 3.15. The number of quaternary nitrogens is 1. The minimum Gasteiger partial charge on any atom is -0.544 e. The summed E-state index contributed by atoms with van der Waals surface area (Å²) >= 11 is 0. The molecule has 0 aromatic rings. The van der Waals surface area contributed by atoms with Crippen LogP contribution in [0.15, 0.2) is 48.6 Å². The van der Waals surface area contributed by atoms with Crippen molar-refractivity contribution in [3.8, 4) is 0 Å². The van der Waals surface area contributed by atoms with Crippen molar-refractivity contribution in [2.75, 3.05) is 41.0 Å². The van der Waals surface area contributed by atoms with E-state index in [2.05, 4.69) is 62.5 Å². The molecule has 0 aliphatic rings. The number of hydrogen-bond acceptors (Lipinski definition) is 7. The van der Waals surface area contributed by atoms with Gasteiger partial charge in [0.2, 0.25) is 0 Å². The fourth-order valence-corrected chi connectivity index (χ4v) is 6.48. The lowest BCUT2D eigenvalue weighted by molar-refractivity contribution is -0.889. The minimum absolute atomic E-state index is 0.0347. The number of rotatable bonds is 40. The number of nitrogens with zero attached hydrogens (tertiary/aromatic N) is 1. The summed E-state index contributed by atoms with van der Waals surface area (Å²) in [6.07, 6.45) is 45.6. The summed E-state index contributed by atoms with van der Waals surface area (Å²) in [5.41, 5.74) is 0. The summed E-state index contributed by atoms with van der Waals surface area (Å²) in [5, 5.41) is 11.6. The highest BCUT2D eigenvalue weighted by atomic mass is 16.6. The van der Waals surface area contributed by atoms with Gasteiger partial charge in [0, 0.05) is 19.3 Å². The monoisotopic (exact) mass is 788 g/mol. The third-order valence-corrected chi connectivity index (χ3v) is 10.0. The molecule has 0 N–H and O–H groups in total. The van der Waals surface area contributed by atoms with Crippen LogP contribution in [0, 0.1) is 0 Å². The molecule has 0 rings (SSSR count). The number of allylic oxidation sites excluding steroid dienone is 8. The number of carbonyl (C=O) groups is 3. The second-order valence-corrected chi connectivity index (χ2v) is 16.3. The first-order valence-corrected chi connectivity index (χ1v) is 22.7. The molecule has 0 saturated carbocycles. The summed E-state index contributed by atoms with van der Waals surface area (Å²) in [6, 6.07) is -0.729. The molecular weight excluding hydrogens is 703 g/mol. The van der Waals surface area contributed by atoms with Gasteiger partial charge in [-0.15, -0.1) is 0 Å². The van der Waals surface area contributed by atoms with Crippen molar-refractivity contribution in [1.82, 2.24) is 0 Å². The van der Waals surface area contributed by atoms with E-state index in [9.17, 15) is 19.5 Å². The molecule has 8 heteroatoms. The Bertz CT molecular complexity index is 1060. The van der Waals surface area contributed by atoms with Crippen LogP contribution in [0.3, 0.4) is 0 Å². The fraction of sp³-hybridized carbons (Fsp3) is 0.771. The second-order valence-electron chi connectivity index (χ2n) is 16.3. The highest BCUT2D eigenvalue weighted by molar-refractivity contribution is 5.70. The molecule has 324 valence electrons. The van der Waals surface area contributed by atoms with E-state index < -0.39 is 18.1 Å². The van der Waals surface area contributed by atoms with Gasteiger partial charge in [-0.05, 0) is 57.8 Å². The molecule has 56 heavy (non-hydrogen) atoms. The highest BCUT2D eigenvalue weighted by Gasteiger charge is 2.25. The van der Waals surface area contributed by atoms with Crippen molar-refractivity contribution in [2.45, 2.75) is 199 Å². The maximum Gasteiger partial charge on any atom is 0.306 e. The highest BCUT2D eigenvalue weighted by Crippen LogP contribution is 2.14. The average molecular weight is 788 g/mol. The molecule has 0 bridgehead atoms. The van der Waals surface area contributed by atoms with Crippen LogP contribution in [0.25, 0.3) is 0 Å². The van der Waals surface area contributed by atoms with E-state index in [-0.39, 0.29) is 42.7 Å². The number of aliphatic carboxylic acids is 1. The zero-order valence-corrected chi connectivity index (χ0v) is 36.8. The van der Waals surface area contributed by atoms with Gasteiger partial charge in [0.25, 0.3) is 0 Å². The number of unbranched alkanes of at least 4 members (excludes halogenated alkanes) is 20. The van der Waals surface area contributed by atoms with Gasteiger partial charge in [0.15, 0.2) is 6.10 Å². The second kappa shape index (κ2) is 39.1. The van der Waals surface area contributed by atoms with Crippen molar-refractivity contribution in [1.29, 1.82) is 0 Å². The molecule has 0 spiro atoms. The van der Waals surface area contributed by atoms with E-state index in [1.807, 2.05) is 0 Å². The van der Waals surface area contributed by atoms with E-state index in [0.29, 0.717) is 12.8 Å². The molecule has 0 heterocycles. The summed E-state index contributed by atoms with van der Waals surface area (Å²) in [4.78, 5) is 36.9. The topological polar surface area (TPSA) is 102 Å². The van der Waals surface area contributed by atoms with Crippen molar-refractivity contribution >= 4 is 17.9 Å². The lowest BCUT2D eigenvalue weighted by Gasteiger charge is -2.34. The molecule has 2 unspecified atom stereocenters. The van der Waals surface area contributed by atoms with Crippen LogP contribution in [-0.2, 0) is 28.6 Å². The minimum atomic E-state index is -1.13. The van der Waals surface area contributed by atoms with Gasteiger partial charge in [-0.25, -0.2) is 0 Å². The summed E-state index contributed by atoms with van der Waals surface area (Å²) in [7, 11) is 5.40. The first-order valence-electron chi connectivity index (χ1n) is 22.7. The SMILES string of the molecule is CC/C=C/C=C/C=C/CCCCCCCCCC(=O)OCC(COCCC(C(=O)[O-])[N+](C)(C)C)OC(=O)CCCCCCCCC/C=C/CCCCCCCC. The molecule has 0 aromatic carbocycles. The molecule has 0 saturated heterocycles. The molecule has 0 fully saturated rings. The van der Waals surface area contributed by atoms with Gasteiger partial charge in [-0.3, -0.25) is 9.59 Å². The first-order chi connectivity index (χ1) is 27.1. The smallest absolute Gasteiger partial charge is 0.306 e. The normalized spacial score (nSPS) is 13.4. The Morgan fingerprint density at radius 3 is 1.52 bits per heavy atom. The van der Waals surface area contributed by atoms with E-state index in [1.165, 1.54) is 103 Å². The lowest BCUT2D eigenvalue weighted by Crippen LogP contribution is -2.55. The Hall–Kier alpha value is -2.71. The van der Waals surface area contributed by atoms with Gasteiger partial charge in [0.05, 0.1) is 40.3 Å². The van der Waals surface area contributed by atoms with E-state index in [1.54, 1.807) is 21.1 Å². The molecule has 0 aliphatic heterocycles. The lowest BCUT2D eigenvalue weighted by atomic mass is 10.1. The predicted octanol–water partition coefficient (Wildman–Crippen LogP) is 11.1. The molecule has 2 atom stereocenters. The summed E-state index contributed by atoms with van der Waals surface area (Å²) in [6.45, 7) is 4.51.